The first-order valence-electron chi connectivity index (χ1n) is 5.41. The molecule has 0 aliphatic rings. The first-order chi connectivity index (χ1) is 9.06. The summed E-state index contributed by atoms with van der Waals surface area (Å²) < 4.78 is 0. The number of nitrogens with zero attached hydrogens (tertiary/aromatic N) is 2. The summed E-state index contributed by atoms with van der Waals surface area (Å²) in [4.78, 5) is 14.2. The van der Waals surface area contributed by atoms with Gasteiger partial charge in [0, 0.05) is 0 Å². The first-order valence-corrected chi connectivity index (χ1v) is 5.41. The van der Waals surface area contributed by atoms with Crippen LogP contribution in [0.25, 0.3) is 0 Å². The smallest absolute Gasteiger partial charge is 0.296 e. The fourth-order valence-electron chi connectivity index (χ4n) is 1.53. The molecule has 0 saturated carbocycles. The lowest BCUT2D eigenvalue weighted by molar-refractivity contribution is -0.384. The van der Waals surface area contributed by atoms with Crippen molar-refractivity contribution in [2.75, 3.05) is 5.32 Å². The molecule has 0 amide bonds. The number of nitro benzene ring substituents is 1. The van der Waals surface area contributed by atoms with Gasteiger partial charge in [-0.3, -0.25) is 15.1 Å². The van der Waals surface area contributed by atoms with Crippen LogP contribution in [0.3, 0.4) is 0 Å². The molecule has 0 saturated heterocycles. The number of aromatic hydroxyl groups is 2. The zero-order valence-corrected chi connectivity index (χ0v) is 9.78. The summed E-state index contributed by atoms with van der Waals surface area (Å²) >= 11 is 0. The van der Waals surface area contributed by atoms with Crippen molar-refractivity contribution in [2.45, 2.75) is 6.54 Å². The molecule has 0 fully saturated rings. The van der Waals surface area contributed by atoms with Crippen LogP contribution in [-0.2, 0) is 6.54 Å². The predicted octanol–water partition coefficient (Wildman–Crippen LogP) is 2.01. The molecule has 0 aliphatic heterocycles. The molecular weight excluding hydrogens is 250 g/mol. The largest absolute Gasteiger partial charge is 0.508 e. The molecule has 0 atom stereocenters. The molecule has 0 unspecified atom stereocenters. The van der Waals surface area contributed by atoms with Gasteiger partial charge in [-0.2, -0.15) is 0 Å². The van der Waals surface area contributed by atoms with Crippen LogP contribution < -0.4 is 5.32 Å². The lowest BCUT2D eigenvalue weighted by Crippen LogP contribution is -2.03. The van der Waals surface area contributed by atoms with Crippen LogP contribution >= 0.6 is 0 Å². The summed E-state index contributed by atoms with van der Waals surface area (Å²) in [5.41, 5.74) is 0.705. The molecule has 0 bridgehead atoms. The zero-order chi connectivity index (χ0) is 13.8. The second-order valence-corrected chi connectivity index (χ2v) is 3.82. The quantitative estimate of drug-likeness (QED) is 0.441. The number of benzene rings is 1. The van der Waals surface area contributed by atoms with Crippen LogP contribution in [0.2, 0.25) is 0 Å². The van der Waals surface area contributed by atoms with Gasteiger partial charge in [0.25, 0.3) is 5.69 Å². The van der Waals surface area contributed by atoms with Crippen LogP contribution in [0, 0.1) is 10.1 Å². The van der Waals surface area contributed by atoms with Crippen LogP contribution in [0.15, 0.2) is 36.5 Å². The number of aromatic nitrogens is 1. The molecule has 7 nitrogen and oxygen atoms in total. The number of nitrogens with one attached hydrogen (secondary N) is 1. The van der Waals surface area contributed by atoms with Gasteiger partial charge in [-0.15, -0.1) is 0 Å². The third-order valence-corrected chi connectivity index (χ3v) is 2.45. The third kappa shape index (κ3) is 3.09. The van der Waals surface area contributed by atoms with E-state index in [0.29, 0.717) is 5.69 Å². The molecule has 0 radical (unpaired) electrons. The molecule has 19 heavy (non-hydrogen) atoms. The van der Waals surface area contributed by atoms with Gasteiger partial charge in [-0.05, 0) is 24.3 Å². The van der Waals surface area contributed by atoms with E-state index in [1.165, 1.54) is 24.4 Å². The Morgan fingerprint density at radius 3 is 2.58 bits per heavy atom. The van der Waals surface area contributed by atoms with Crippen molar-refractivity contribution < 1.29 is 15.1 Å². The summed E-state index contributed by atoms with van der Waals surface area (Å²) in [6.07, 6.45) is 1.29. The van der Waals surface area contributed by atoms with Gasteiger partial charge in [-0.25, -0.2) is 0 Å². The molecule has 0 aliphatic carbocycles. The molecular formula is C12H11N3O4. The summed E-state index contributed by atoms with van der Waals surface area (Å²) in [7, 11) is 0. The maximum absolute atomic E-state index is 10.8. The van der Waals surface area contributed by atoms with Crippen molar-refractivity contribution in [3.63, 3.8) is 0 Å². The van der Waals surface area contributed by atoms with Gasteiger partial charge in [0.15, 0.2) is 0 Å². The lowest BCUT2D eigenvalue weighted by Gasteiger charge is -2.07. The van der Waals surface area contributed by atoms with Crippen molar-refractivity contribution in [3.05, 3.63) is 52.3 Å². The standard InChI is InChI=1S/C12H11N3O4/c16-9-3-4-11(12(5-9)15(18)19)14-6-8-1-2-10(17)7-13-8/h1-5,7,14,16-17H,6H2. The van der Waals surface area contributed by atoms with Crippen LogP contribution in [0.1, 0.15) is 5.69 Å². The summed E-state index contributed by atoms with van der Waals surface area (Å²) in [6.45, 7) is 0.270. The van der Waals surface area contributed by atoms with Gasteiger partial charge in [0.2, 0.25) is 0 Å². The average Bonchev–Trinajstić information content (AvgIpc) is 2.39. The predicted molar refractivity (Wildman–Crippen MR) is 68.0 cm³/mol. The van der Waals surface area contributed by atoms with Crippen molar-refractivity contribution in [3.8, 4) is 11.5 Å². The van der Waals surface area contributed by atoms with E-state index in [2.05, 4.69) is 10.3 Å². The Balaban J connectivity index is 2.15. The van der Waals surface area contributed by atoms with Crippen molar-refractivity contribution in [2.24, 2.45) is 0 Å². The van der Waals surface area contributed by atoms with Crippen molar-refractivity contribution in [1.82, 2.24) is 4.98 Å². The van der Waals surface area contributed by atoms with E-state index < -0.39 is 4.92 Å². The van der Waals surface area contributed by atoms with E-state index in [-0.39, 0.29) is 29.4 Å². The number of anilines is 1. The fraction of sp³-hybridized carbons (Fsp3) is 0.0833. The minimum Gasteiger partial charge on any atom is -0.508 e. The number of pyridine rings is 1. The van der Waals surface area contributed by atoms with E-state index in [4.69, 9.17) is 5.11 Å². The highest BCUT2D eigenvalue weighted by atomic mass is 16.6. The Kier molecular flexibility index (Phi) is 3.46. The van der Waals surface area contributed by atoms with E-state index in [9.17, 15) is 15.2 Å². The number of hydrogen-bond donors (Lipinski definition) is 3. The maximum Gasteiger partial charge on any atom is 0.296 e. The van der Waals surface area contributed by atoms with Crippen LogP contribution in [0.4, 0.5) is 11.4 Å². The minimum atomic E-state index is -0.577. The molecule has 1 heterocycles. The first kappa shape index (κ1) is 12.6. The molecule has 2 aromatic rings. The van der Waals surface area contributed by atoms with Crippen molar-refractivity contribution >= 4 is 11.4 Å². The topological polar surface area (TPSA) is 109 Å². The monoisotopic (exact) mass is 261 g/mol. The van der Waals surface area contributed by atoms with Gasteiger partial charge in [-0.1, -0.05) is 0 Å². The molecule has 98 valence electrons. The number of phenolic OH excluding ortho intramolecular Hbond substituents is 1. The van der Waals surface area contributed by atoms with E-state index in [1.54, 1.807) is 6.07 Å². The highest BCUT2D eigenvalue weighted by Crippen LogP contribution is 2.28. The Hall–Kier alpha value is -2.83. The molecule has 1 aromatic carbocycles. The SMILES string of the molecule is O=[N+]([O-])c1cc(O)ccc1NCc1ccc(O)cn1. The van der Waals surface area contributed by atoms with Crippen LogP contribution in [0.5, 0.6) is 11.5 Å². The minimum absolute atomic E-state index is 0.0550. The molecule has 2 rings (SSSR count). The summed E-state index contributed by atoms with van der Waals surface area (Å²) in [6, 6.07) is 6.95. The number of nitro groups is 1. The molecule has 7 heteroatoms. The van der Waals surface area contributed by atoms with E-state index >= 15 is 0 Å². The van der Waals surface area contributed by atoms with Crippen LogP contribution in [-0.4, -0.2) is 20.1 Å². The Morgan fingerprint density at radius 2 is 1.95 bits per heavy atom. The lowest BCUT2D eigenvalue weighted by atomic mass is 10.2. The summed E-state index contributed by atoms with van der Waals surface area (Å²) in [5, 5.41) is 32.0. The summed E-state index contributed by atoms with van der Waals surface area (Å²) in [5.74, 6) is -0.112. The van der Waals surface area contributed by atoms with Crippen molar-refractivity contribution in [1.29, 1.82) is 0 Å². The molecule has 0 spiro atoms. The second-order valence-electron chi connectivity index (χ2n) is 3.82. The normalized spacial score (nSPS) is 10.1. The highest BCUT2D eigenvalue weighted by molar-refractivity contribution is 5.63. The Morgan fingerprint density at radius 1 is 1.21 bits per heavy atom. The average molecular weight is 261 g/mol. The number of phenols is 1. The van der Waals surface area contributed by atoms with Gasteiger partial charge >= 0.3 is 0 Å². The van der Waals surface area contributed by atoms with Gasteiger partial charge in [0.05, 0.1) is 29.4 Å². The van der Waals surface area contributed by atoms with E-state index in [1.807, 2.05) is 0 Å². The molecule has 1 aromatic heterocycles. The number of rotatable bonds is 4. The highest BCUT2D eigenvalue weighted by Gasteiger charge is 2.14. The van der Waals surface area contributed by atoms with E-state index in [0.717, 1.165) is 6.07 Å². The van der Waals surface area contributed by atoms with Gasteiger partial charge < -0.3 is 15.5 Å². The van der Waals surface area contributed by atoms with Gasteiger partial charge in [0.1, 0.15) is 17.2 Å². The molecule has 3 N–H and O–H groups in total. The Bertz CT molecular complexity index is 598. The fourth-order valence-corrected chi connectivity index (χ4v) is 1.53. The second kappa shape index (κ2) is 5.21. The number of hydrogen-bond acceptors (Lipinski definition) is 6. The zero-order valence-electron chi connectivity index (χ0n) is 9.78. The Labute approximate surface area is 108 Å². The maximum atomic E-state index is 10.8. The third-order valence-electron chi connectivity index (χ3n) is 2.45.